The zero-order valence-electron chi connectivity index (χ0n) is 23.4. The molecule has 3 aromatic rings. The first kappa shape index (κ1) is 29.2. The number of benzene rings is 2. The molecule has 41 heavy (non-hydrogen) atoms. The molecule has 3 heterocycles. The number of aliphatic hydroxyl groups is 1. The summed E-state index contributed by atoms with van der Waals surface area (Å²) in [6, 6.07) is 16.1. The van der Waals surface area contributed by atoms with Gasteiger partial charge in [0.2, 0.25) is 5.91 Å². The minimum atomic E-state index is -3.77. The number of carbonyl (C=O) groups excluding carboxylic acids is 2. The molecule has 0 unspecified atom stereocenters. The van der Waals surface area contributed by atoms with E-state index in [1.54, 1.807) is 17.0 Å². The van der Waals surface area contributed by atoms with Crippen molar-refractivity contribution in [1.29, 1.82) is 0 Å². The first-order valence-electron chi connectivity index (χ1n) is 14.1. The van der Waals surface area contributed by atoms with Gasteiger partial charge in [-0.3, -0.25) is 19.5 Å². The highest BCUT2D eigenvalue weighted by Crippen LogP contribution is 2.38. The number of aromatic nitrogens is 1. The monoisotopic (exact) mass is 579 g/mol. The summed E-state index contributed by atoms with van der Waals surface area (Å²) in [6.45, 7) is 4.05. The van der Waals surface area contributed by atoms with Crippen LogP contribution in [-0.4, -0.2) is 85.1 Å². The molecule has 2 aliphatic rings. The van der Waals surface area contributed by atoms with Crippen LogP contribution in [0, 0.1) is 12.3 Å². The summed E-state index contributed by atoms with van der Waals surface area (Å²) in [5.74, 6) is -0.214. The number of amides is 1. The Bertz CT molecular complexity index is 1510. The van der Waals surface area contributed by atoms with E-state index in [4.69, 9.17) is 4.74 Å². The molecular weight excluding hydrogens is 542 g/mol. The van der Waals surface area contributed by atoms with Crippen LogP contribution < -0.4 is 4.74 Å². The second-order valence-corrected chi connectivity index (χ2v) is 13.4. The van der Waals surface area contributed by atoms with Gasteiger partial charge in [0.15, 0.2) is 15.6 Å². The Labute approximate surface area is 241 Å². The van der Waals surface area contributed by atoms with Crippen molar-refractivity contribution in [2.24, 2.45) is 5.41 Å². The molecule has 0 spiro atoms. The highest BCUT2D eigenvalue weighted by molar-refractivity contribution is 7.91. The number of ketones is 1. The molecule has 1 amide bonds. The molecule has 9 nitrogen and oxygen atoms in total. The quantitative estimate of drug-likeness (QED) is 0.368. The molecule has 0 atom stereocenters. The lowest BCUT2D eigenvalue weighted by Crippen LogP contribution is -2.63. The van der Waals surface area contributed by atoms with E-state index in [0.717, 1.165) is 48.1 Å². The molecule has 1 N–H and O–H groups in total. The van der Waals surface area contributed by atoms with Crippen molar-refractivity contribution in [1.82, 2.24) is 14.8 Å². The summed E-state index contributed by atoms with van der Waals surface area (Å²) < 4.78 is 32.9. The molecule has 2 aromatic carbocycles. The molecular formula is C31H37N3O6S. The number of hydrogen-bond donors (Lipinski definition) is 1. The summed E-state index contributed by atoms with van der Waals surface area (Å²) in [4.78, 5) is 33.5. The van der Waals surface area contributed by atoms with Gasteiger partial charge in [0.05, 0.1) is 22.7 Å². The molecule has 218 valence electrons. The van der Waals surface area contributed by atoms with E-state index in [2.05, 4.69) is 9.88 Å². The van der Waals surface area contributed by atoms with E-state index in [-0.39, 0.29) is 36.1 Å². The summed E-state index contributed by atoms with van der Waals surface area (Å²) in [5.41, 5.74) is 1.86. The summed E-state index contributed by atoms with van der Waals surface area (Å²) in [7, 11) is -3.77. The maximum atomic E-state index is 13.4. The van der Waals surface area contributed by atoms with Gasteiger partial charge in [-0.05, 0) is 69.3 Å². The van der Waals surface area contributed by atoms with E-state index < -0.39 is 27.6 Å². The summed E-state index contributed by atoms with van der Waals surface area (Å²) in [6.07, 6.45) is 3.24. The molecule has 0 bridgehead atoms. The number of ether oxygens (including phenoxy) is 1. The molecule has 0 radical (unpaired) electrons. The lowest BCUT2D eigenvalue weighted by molar-refractivity contribution is -0.146. The van der Waals surface area contributed by atoms with Crippen molar-refractivity contribution >= 4 is 32.4 Å². The van der Waals surface area contributed by atoms with Crippen LogP contribution in [0.4, 0.5) is 0 Å². The molecule has 2 saturated heterocycles. The fourth-order valence-electron chi connectivity index (χ4n) is 5.98. The molecule has 0 aliphatic carbocycles. The number of fused-ring (bicyclic) bond motifs is 1. The Kier molecular flexibility index (Phi) is 8.72. The van der Waals surface area contributed by atoms with Crippen LogP contribution in [0.3, 0.4) is 0 Å². The molecule has 5 rings (SSSR count). The number of rotatable bonds is 11. The van der Waals surface area contributed by atoms with E-state index in [1.807, 2.05) is 37.3 Å². The number of carbonyl (C=O) groups is 2. The predicted octanol–water partition coefficient (Wildman–Crippen LogP) is 3.16. The van der Waals surface area contributed by atoms with Gasteiger partial charge in [-0.15, -0.1) is 0 Å². The Hall–Kier alpha value is -3.34. The fourth-order valence-corrected chi connectivity index (χ4v) is 7.79. The predicted molar refractivity (Wildman–Crippen MR) is 155 cm³/mol. The third-order valence-corrected chi connectivity index (χ3v) is 9.95. The van der Waals surface area contributed by atoms with E-state index in [0.29, 0.717) is 18.9 Å². The van der Waals surface area contributed by atoms with Crippen LogP contribution in [0.5, 0.6) is 5.75 Å². The fraction of sp³-hybridized carbons (Fsp3) is 0.452. The van der Waals surface area contributed by atoms with Crippen molar-refractivity contribution in [2.75, 3.05) is 45.1 Å². The Morgan fingerprint density at radius 1 is 1.02 bits per heavy atom. The maximum Gasteiger partial charge on any atom is 0.236 e. The largest absolute Gasteiger partial charge is 0.489 e. The first-order valence-corrected chi connectivity index (χ1v) is 15.8. The summed E-state index contributed by atoms with van der Waals surface area (Å²) >= 11 is 0. The number of nitrogens with zero attached hydrogens (tertiary/aromatic N) is 3. The van der Waals surface area contributed by atoms with Gasteiger partial charge < -0.3 is 14.7 Å². The number of aliphatic hydroxyl groups excluding tert-OH is 1. The molecule has 0 saturated carbocycles. The van der Waals surface area contributed by atoms with Crippen molar-refractivity contribution in [3.63, 3.8) is 0 Å². The smallest absolute Gasteiger partial charge is 0.236 e. The number of likely N-dealkylation sites (tertiary alicyclic amines) is 2. The van der Waals surface area contributed by atoms with Crippen LogP contribution in [0.2, 0.25) is 0 Å². The third-order valence-electron chi connectivity index (χ3n) is 7.96. The topological polar surface area (TPSA) is 117 Å². The molecule has 1 aromatic heterocycles. The molecule has 10 heteroatoms. The van der Waals surface area contributed by atoms with Gasteiger partial charge in [0, 0.05) is 41.6 Å². The van der Waals surface area contributed by atoms with Gasteiger partial charge in [-0.25, -0.2) is 8.42 Å². The number of piperidine rings is 1. The van der Waals surface area contributed by atoms with E-state index in [9.17, 15) is 23.1 Å². The van der Waals surface area contributed by atoms with Crippen LogP contribution >= 0.6 is 0 Å². The van der Waals surface area contributed by atoms with Crippen LogP contribution in [-0.2, 0) is 26.0 Å². The van der Waals surface area contributed by atoms with Crippen molar-refractivity contribution < 1.29 is 27.9 Å². The van der Waals surface area contributed by atoms with Crippen molar-refractivity contribution in [2.45, 2.75) is 44.1 Å². The Morgan fingerprint density at radius 3 is 2.44 bits per heavy atom. The number of aryl methyl sites for hydroxylation is 1. The van der Waals surface area contributed by atoms with Crippen molar-refractivity contribution in [3.05, 3.63) is 65.9 Å². The highest BCUT2D eigenvalue weighted by Gasteiger charge is 2.49. The minimum Gasteiger partial charge on any atom is -0.489 e. The molecule has 2 fully saturated rings. The van der Waals surface area contributed by atoms with Gasteiger partial charge in [0.25, 0.3) is 0 Å². The van der Waals surface area contributed by atoms with Crippen LogP contribution in [0.25, 0.3) is 10.9 Å². The van der Waals surface area contributed by atoms with Gasteiger partial charge >= 0.3 is 0 Å². The van der Waals surface area contributed by atoms with E-state index in [1.165, 1.54) is 18.6 Å². The Balaban J connectivity index is 1.24. The van der Waals surface area contributed by atoms with Crippen molar-refractivity contribution in [3.8, 4) is 5.75 Å². The second-order valence-electron chi connectivity index (χ2n) is 11.4. The Morgan fingerprint density at radius 2 is 1.73 bits per heavy atom. The average molecular weight is 580 g/mol. The zero-order chi connectivity index (χ0) is 29.0. The van der Waals surface area contributed by atoms with Crippen LogP contribution in [0.1, 0.15) is 36.9 Å². The normalized spacial score (nSPS) is 17.3. The molecule has 2 aliphatic heterocycles. The van der Waals surface area contributed by atoms with E-state index >= 15 is 0 Å². The van der Waals surface area contributed by atoms with Gasteiger partial charge in [-0.2, -0.15) is 0 Å². The van der Waals surface area contributed by atoms with Gasteiger partial charge in [0.1, 0.15) is 19.0 Å². The number of sulfone groups is 1. The SMILES string of the molecule is Cc1cc(COc2ccc(S(=O)(=O)CC3(CC(=O)CO)CN(C(=O)CN4CCCCC4)C3)cc2)c2ccccc2n1. The highest BCUT2D eigenvalue weighted by atomic mass is 32.2. The number of pyridine rings is 1. The average Bonchev–Trinajstić information content (AvgIpc) is 2.94. The van der Waals surface area contributed by atoms with Gasteiger partial charge in [-0.1, -0.05) is 24.6 Å². The number of para-hydroxylation sites is 1. The minimum absolute atomic E-state index is 0.0463. The third kappa shape index (κ3) is 6.94. The summed E-state index contributed by atoms with van der Waals surface area (Å²) in [5, 5.41) is 10.4. The lowest BCUT2D eigenvalue weighted by atomic mass is 9.77. The second kappa shape index (κ2) is 12.3. The lowest BCUT2D eigenvalue weighted by Gasteiger charge is -2.50. The number of hydrogen-bond acceptors (Lipinski definition) is 8. The van der Waals surface area contributed by atoms with Crippen LogP contribution in [0.15, 0.2) is 59.5 Å². The first-order chi connectivity index (χ1) is 19.7. The maximum absolute atomic E-state index is 13.4. The standard InChI is InChI=1S/C31H37N3O6S/c1-23-15-24(28-7-3-4-8-29(28)32-23)19-40-26-9-11-27(12-10-26)41(38,39)22-31(16-25(36)18-35)20-34(21-31)30(37)17-33-13-5-2-6-14-33/h3-4,7-12,15,35H,2,5-6,13-14,16-22H2,1H3. The zero-order valence-corrected chi connectivity index (χ0v) is 24.2. The number of Topliss-reactive ketones (excluding diaryl/α,β-unsaturated/α-hetero) is 1.